The zero-order chi connectivity index (χ0) is 14.7. The number of ketones is 1. The number of benzene rings is 1. The highest BCUT2D eigenvalue weighted by Crippen LogP contribution is 2.33. The number of halogens is 2. The molecule has 0 spiro atoms. The second-order valence-corrected chi connectivity index (χ2v) is 5.64. The lowest BCUT2D eigenvalue weighted by Crippen LogP contribution is -2.50. The third kappa shape index (κ3) is 3.26. The highest BCUT2D eigenvalue weighted by atomic mass is 35.5. The summed E-state index contributed by atoms with van der Waals surface area (Å²) in [7, 11) is 1.50. The number of hydrogen-bond acceptors (Lipinski definition) is 4. The molecule has 1 heterocycles. The minimum absolute atomic E-state index is 0.0202. The summed E-state index contributed by atoms with van der Waals surface area (Å²) >= 11 is 12.1. The van der Waals surface area contributed by atoms with Gasteiger partial charge in [-0.25, -0.2) is 0 Å². The van der Waals surface area contributed by atoms with Gasteiger partial charge in [0, 0.05) is 31.2 Å². The molecule has 4 nitrogen and oxygen atoms in total. The first-order chi connectivity index (χ1) is 9.54. The summed E-state index contributed by atoms with van der Waals surface area (Å²) in [6.07, 6.45) is 0. The van der Waals surface area contributed by atoms with Gasteiger partial charge >= 0.3 is 0 Å². The standard InChI is InChI=1S/C14H18Cl2N2O2/c1-9(18-5-3-17-4-6-18)13(19)11-7-10(15)8-12(16)14(11)20-2/h7-9,17H,3-6H2,1-2H3. The molecule has 0 aromatic heterocycles. The van der Waals surface area contributed by atoms with Crippen molar-refractivity contribution in [1.29, 1.82) is 0 Å². The minimum atomic E-state index is -0.222. The molecule has 0 radical (unpaired) electrons. The molecule has 0 aliphatic carbocycles. The smallest absolute Gasteiger partial charge is 0.183 e. The van der Waals surface area contributed by atoms with Gasteiger partial charge in [-0.3, -0.25) is 9.69 Å². The quantitative estimate of drug-likeness (QED) is 0.866. The zero-order valence-corrected chi connectivity index (χ0v) is 13.1. The van der Waals surface area contributed by atoms with Gasteiger partial charge in [0.05, 0.1) is 23.7 Å². The third-order valence-corrected chi connectivity index (χ3v) is 4.06. The van der Waals surface area contributed by atoms with Crippen molar-refractivity contribution in [3.05, 3.63) is 27.7 Å². The summed E-state index contributed by atoms with van der Waals surface area (Å²) in [6, 6.07) is 2.97. The van der Waals surface area contributed by atoms with Gasteiger partial charge in [0.15, 0.2) is 5.78 Å². The van der Waals surface area contributed by atoms with E-state index in [1.165, 1.54) is 7.11 Å². The molecule has 110 valence electrons. The topological polar surface area (TPSA) is 41.6 Å². The lowest BCUT2D eigenvalue weighted by Gasteiger charge is -2.32. The molecule has 0 bridgehead atoms. The lowest BCUT2D eigenvalue weighted by atomic mass is 10.0. The number of piperazine rings is 1. The molecule has 1 fully saturated rings. The zero-order valence-electron chi connectivity index (χ0n) is 11.6. The Morgan fingerprint density at radius 3 is 2.60 bits per heavy atom. The largest absolute Gasteiger partial charge is 0.494 e. The average Bonchev–Trinajstić information content (AvgIpc) is 2.46. The van der Waals surface area contributed by atoms with E-state index in [0.717, 1.165) is 26.2 Å². The number of carbonyl (C=O) groups excluding carboxylic acids is 1. The fourth-order valence-electron chi connectivity index (χ4n) is 2.41. The first kappa shape index (κ1) is 15.6. The van der Waals surface area contributed by atoms with Crippen LogP contribution in [0.3, 0.4) is 0 Å². The normalized spacial score (nSPS) is 17.8. The van der Waals surface area contributed by atoms with E-state index in [1.54, 1.807) is 12.1 Å². The highest BCUT2D eigenvalue weighted by Gasteiger charge is 2.27. The molecule has 1 atom stereocenters. The summed E-state index contributed by atoms with van der Waals surface area (Å²) < 4.78 is 5.25. The van der Waals surface area contributed by atoms with Gasteiger partial charge in [-0.05, 0) is 19.1 Å². The van der Waals surface area contributed by atoms with Crippen molar-refractivity contribution in [3.8, 4) is 5.75 Å². The number of rotatable bonds is 4. The van der Waals surface area contributed by atoms with Crippen molar-refractivity contribution in [2.75, 3.05) is 33.3 Å². The van der Waals surface area contributed by atoms with Crippen LogP contribution in [0.2, 0.25) is 10.0 Å². The predicted octanol–water partition coefficient (Wildman–Crippen LogP) is 2.48. The molecule has 1 aliphatic rings. The average molecular weight is 317 g/mol. The van der Waals surface area contributed by atoms with E-state index in [4.69, 9.17) is 27.9 Å². The molecule has 1 aromatic carbocycles. The van der Waals surface area contributed by atoms with Crippen molar-refractivity contribution in [2.45, 2.75) is 13.0 Å². The van der Waals surface area contributed by atoms with Crippen molar-refractivity contribution in [1.82, 2.24) is 10.2 Å². The Balaban J connectivity index is 2.27. The van der Waals surface area contributed by atoms with Gasteiger partial charge in [0.1, 0.15) is 5.75 Å². The van der Waals surface area contributed by atoms with Gasteiger partial charge in [-0.15, -0.1) is 0 Å². The van der Waals surface area contributed by atoms with E-state index in [-0.39, 0.29) is 11.8 Å². The molecule has 1 saturated heterocycles. The van der Waals surface area contributed by atoms with Crippen LogP contribution in [0.4, 0.5) is 0 Å². The molecule has 1 aliphatic heterocycles. The number of carbonyl (C=O) groups is 1. The molecule has 1 aromatic rings. The van der Waals surface area contributed by atoms with Gasteiger partial charge < -0.3 is 10.1 Å². The minimum Gasteiger partial charge on any atom is -0.494 e. The van der Waals surface area contributed by atoms with E-state index in [0.29, 0.717) is 21.4 Å². The summed E-state index contributed by atoms with van der Waals surface area (Å²) in [6.45, 7) is 5.39. The Labute approximate surface area is 129 Å². The summed E-state index contributed by atoms with van der Waals surface area (Å²) in [5, 5.41) is 4.06. The summed E-state index contributed by atoms with van der Waals surface area (Å²) in [5.74, 6) is 0.371. The van der Waals surface area contributed by atoms with Crippen molar-refractivity contribution >= 4 is 29.0 Å². The molecule has 2 rings (SSSR count). The Kier molecular flexibility index (Phi) is 5.27. The molecule has 6 heteroatoms. The molecule has 0 amide bonds. The predicted molar refractivity (Wildman–Crippen MR) is 81.2 cm³/mol. The first-order valence-corrected chi connectivity index (χ1v) is 7.32. The fraction of sp³-hybridized carbons (Fsp3) is 0.500. The van der Waals surface area contributed by atoms with Crippen LogP contribution in [0.15, 0.2) is 12.1 Å². The van der Waals surface area contributed by atoms with E-state index < -0.39 is 0 Å². The van der Waals surface area contributed by atoms with E-state index >= 15 is 0 Å². The number of methoxy groups -OCH3 is 1. The fourth-order valence-corrected chi connectivity index (χ4v) is 2.98. The molecular weight excluding hydrogens is 299 g/mol. The van der Waals surface area contributed by atoms with E-state index in [2.05, 4.69) is 10.2 Å². The van der Waals surface area contributed by atoms with Gasteiger partial charge in [0.2, 0.25) is 0 Å². The van der Waals surface area contributed by atoms with Crippen LogP contribution in [0.5, 0.6) is 5.75 Å². The SMILES string of the molecule is COc1c(Cl)cc(Cl)cc1C(=O)C(C)N1CCNCC1. The van der Waals surface area contributed by atoms with Crippen LogP contribution in [0.1, 0.15) is 17.3 Å². The van der Waals surface area contributed by atoms with Crippen molar-refractivity contribution in [2.24, 2.45) is 0 Å². The maximum atomic E-state index is 12.7. The Morgan fingerprint density at radius 1 is 1.35 bits per heavy atom. The van der Waals surface area contributed by atoms with Crippen LogP contribution >= 0.6 is 23.2 Å². The molecule has 20 heavy (non-hydrogen) atoms. The van der Waals surface area contributed by atoms with E-state index in [1.807, 2.05) is 6.92 Å². The van der Waals surface area contributed by atoms with Crippen LogP contribution < -0.4 is 10.1 Å². The second kappa shape index (κ2) is 6.76. The molecule has 0 saturated carbocycles. The number of hydrogen-bond donors (Lipinski definition) is 1. The van der Waals surface area contributed by atoms with Crippen LogP contribution in [0.25, 0.3) is 0 Å². The Morgan fingerprint density at radius 2 is 2.00 bits per heavy atom. The highest BCUT2D eigenvalue weighted by molar-refractivity contribution is 6.36. The van der Waals surface area contributed by atoms with Gasteiger partial charge in [0.25, 0.3) is 0 Å². The number of Topliss-reactive ketones (excluding diaryl/α,β-unsaturated/α-hetero) is 1. The number of ether oxygens (including phenoxy) is 1. The maximum Gasteiger partial charge on any atom is 0.183 e. The van der Waals surface area contributed by atoms with Crippen molar-refractivity contribution in [3.63, 3.8) is 0 Å². The van der Waals surface area contributed by atoms with Gasteiger partial charge in [-0.2, -0.15) is 0 Å². The second-order valence-electron chi connectivity index (χ2n) is 4.79. The summed E-state index contributed by atoms with van der Waals surface area (Å²) in [4.78, 5) is 14.8. The number of nitrogens with one attached hydrogen (secondary N) is 1. The van der Waals surface area contributed by atoms with Crippen molar-refractivity contribution < 1.29 is 9.53 Å². The summed E-state index contributed by atoms with van der Waals surface area (Å²) in [5.41, 5.74) is 0.441. The Bertz CT molecular complexity index is 502. The molecule has 1 unspecified atom stereocenters. The van der Waals surface area contributed by atoms with Crippen LogP contribution in [-0.2, 0) is 0 Å². The Hall–Kier alpha value is -0.810. The third-order valence-electron chi connectivity index (χ3n) is 3.56. The van der Waals surface area contributed by atoms with Crippen LogP contribution in [-0.4, -0.2) is 50.0 Å². The van der Waals surface area contributed by atoms with Crippen LogP contribution in [0, 0.1) is 0 Å². The van der Waals surface area contributed by atoms with Gasteiger partial charge in [-0.1, -0.05) is 23.2 Å². The molecule has 1 N–H and O–H groups in total. The first-order valence-electron chi connectivity index (χ1n) is 6.56. The monoisotopic (exact) mass is 316 g/mol. The van der Waals surface area contributed by atoms with E-state index in [9.17, 15) is 4.79 Å². The molecular formula is C14H18Cl2N2O2. The number of nitrogens with zero attached hydrogens (tertiary/aromatic N) is 1. The maximum absolute atomic E-state index is 12.7. The lowest BCUT2D eigenvalue weighted by molar-refractivity contribution is 0.0817.